The minimum atomic E-state index is -0.220. The molecule has 0 bridgehead atoms. The largest absolute Gasteiger partial charge is 0.376 e. The molecule has 5 rings (SSSR count). The first-order chi connectivity index (χ1) is 15.8. The molecule has 0 unspecified atom stereocenters. The van der Waals surface area contributed by atoms with Gasteiger partial charge in [-0.3, -0.25) is 4.79 Å². The summed E-state index contributed by atoms with van der Waals surface area (Å²) in [5, 5.41) is 15.0. The number of thiophene rings is 1. The van der Waals surface area contributed by atoms with Crippen molar-refractivity contribution in [3.8, 4) is 0 Å². The van der Waals surface area contributed by atoms with Gasteiger partial charge >= 0.3 is 0 Å². The zero-order chi connectivity index (χ0) is 23.2. The van der Waals surface area contributed by atoms with Gasteiger partial charge in [-0.2, -0.15) is 0 Å². The first-order valence-electron chi connectivity index (χ1n) is 11.3. The Morgan fingerprint density at radius 3 is 2.94 bits per heavy atom. The molecule has 0 spiro atoms. The third-order valence-corrected chi connectivity index (χ3v) is 8.72. The molecule has 0 saturated carbocycles. The number of rotatable bonds is 7. The summed E-state index contributed by atoms with van der Waals surface area (Å²) in [5.41, 5.74) is 1.87. The lowest BCUT2D eigenvalue weighted by atomic mass is 9.94. The molecule has 0 aliphatic carbocycles. The number of nitrogens with zero attached hydrogens (tertiary/aromatic N) is 4. The van der Waals surface area contributed by atoms with Crippen molar-refractivity contribution in [2.75, 3.05) is 18.9 Å². The summed E-state index contributed by atoms with van der Waals surface area (Å²) >= 11 is 4.77. The quantitative estimate of drug-likeness (QED) is 0.378. The van der Waals surface area contributed by atoms with Crippen LogP contribution in [0.1, 0.15) is 51.0 Å². The summed E-state index contributed by atoms with van der Waals surface area (Å²) in [7, 11) is 0. The number of thioether (sulfide) groups is 2. The Kier molecular flexibility index (Phi) is 6.60. The molecule has 1 saturated heterocycles. The molecule has 5 heterocycles. The fraction of sp³-hybridized carbons (Fsp3) is 0.636. The van der Waals surface area contributed by atoms with Crippen LogP contribution in [0.3, 0.4) is 0 Å². The van der Waals surface area contributed by atoms with Gasteiger partial charge in [0.05, 0.1) is 29.5 Å². The average molecular weight is 508 g/mol. The lowest BCUT2D eigenvalue weighted by Gasteiger charge is -2.30. The van der Waals surface area contributed by atoms with E-state index in [1.54, 1.807) is 23.1 Å². The molecule has 0 radical (unpaired) electrons. The van der Waals surface area contributed by atoms with Gasteiger partial charge in [0.15, 0.2) is 16.0 Å². The monoisotopic (exact) mass is 507 g/mol. The van der Waals surface area contributed by atoms with E-state index in [-0.39, 0.29) is 23.4 Å². The number of hydrogen-bond donors (Lipinski definition) is 1. The Morgan fingerprint density at radius 1 is 1.33 bits per heavy atom. The maximum Gasteiger partial charge on any atom is 0.230 e. The first kappa shape index (κ1) is 23.3. The molecule has 8 nitrogen and oxygen atoms in total. The molecule has 1 N–H and O–H groups in total. The van der Waals surface area contributed by atoms with Gasteiger partial charge < -0.3 is 14.8 Å². The van der Waals surface area contributed by atoms with Gasteiger partial charge in [-0.25, -0.2) is 9.38 Å². The topological polar surface area (TPSA) is 90.6 Å². The van der Waals surface area contributed by atoms with Crippen molar-refractivity contribution in [3.05, 3.63) is 10.4 Å². The Bertz CT molecular complexity index is 1180. The molecule has 11 heteroatoms. The highest BCUT2D eigenvalue weighted by molar-refractivity contribution is 8.00. The van der Waals surface area contributed by atoms with Crippen LogP contribution in [0.5, 0.6) is 0 Å². The van der Waals surface area contributed by atoms with E-state index in [0.717, 1.165) is 46.9 Å². The van der Waals surface area contributed by atoms with E-state index in [0.29, 0.717) is 23.6 Å². The SMILES string of the molecule is CC(C)Sc1nc2sc3c(c2c2nnc(SCC(=O)NC[C@H]4CCCO4)n12)CC(C)(C)OC3. The van der Waals surface area contributed by atoms with Gasteiger partial charge in [0.2, 0.25) is 5.91 Å². The number of aromatic nitrogens is 4. The summed E-state index contributed by atoms with van der Waals surface area (Å²) < 4.78 is 13.7. The van der Waals surface area contributed by atoms with E-state index in [4.69, 9.17) is 14.5 Å². The van der Waals surface area contributed by atoms with Crippen molar-refractivity contribution in [3.63, 3.8) is 0 Å². The molecule has 178 valence electrons. The van der Waals surface area contributed by atoms with Crippen LogP contribution in [0.4, 0.5) is 0 Å². The minimum Gasteiger partial charge on any atom is -0.376 e. The highest BCUT2D eigenvalue weighted by Crippen LogP contribution is 2.41. The van der Waals surface area contributed by atoms with E-state index in [2.05, 4.69) is 43.2 Å². The number of carbonyl (C=O) groups is 1. The first-order valence-corrected chi connectivity index (χ1v) is 14.0. The standard InChI is InChI=1S/C22H29N5O3S3/c1-12(2)32-20-24-19-17(14-8-22(3,4)30-10-15(14)33-19)18-25-26-21(27(18)20)31-11-16(28)23-9-13-6-5-7-29-13/h12-13H,5-11H2,1-4H3,(H,23,28)/t13-/m1/s1. The summed E-state index contributed by atoms with van der Waals surface area (Å²) in [5.74, 6) is 0.256. The Labute approximate surface area is 205 Å². The highest BCUT2D eigenvalue weighted by atomic mass is 32.2. The van der Waals surface area contributed by atoms with Crippen molar-refractivity contribution in [1.29, 1.82) is 0 Å². The zero-order valence-corrected chi connectivity index (χ0v) is 21.8. The normalized spacial score (nSPS) is 20.1. The van der Waals surface area contributed by atoms with Gasteiger partial charge in [-0.15, -0.1) is 21.5 Å². The Hall–Kier alpha value is -1.40. The summed E-state index contributed by atoms with van der Waals surface area (Å²) in [6, 6.07) is 0. The fourth-order valence-electron chi connectivity index (χ4n) is 4.19. The Morgan fingerprint density at radius 2 is 2.18 bits per heavy atom. The average Bonchev–Trinajstić information content (AvgIpc) is 3.48. The van der Waals surface area contributed by atoms with Crippen molar-refractivity contribution >= 4 is 56.6 Å². The van der Waals surface area contributed by atoms with Crippen LogP contribution in [0.25, 0.3) is 15.9 Å². The molecule has 33 heavy (non-hydrogen) atoms. The maximum absolute atomic E-state index is 12.4. The lowest BCUT2D eigenvalue weighted by Crippen LogP contribution is -2.32. The van der Waals surface area contributed by atoms with E-state index in [1.165, 1.54) is 22.2 Å². The van der Waals surface area contributed by atoms with Gasteiger partial charge in [-0.1, -0.05) is 37.4 Å². The van der Waals surface area contributed by atoms with Crippen LogP contribution >= 0.6 is 34.9 Å². The summed E-state index contributed by atoms with van der Waals surface area (Å²) in [6.45, 7) is 10.5. The van der Waals surface area contributed by atoms with Crippen molar-refractivity contribution in [2.45, 2.75) is 80.8 Å². The predicted octanol–water partition coefficient (Wildman–Crippen LogP) is 4.08. The molecule has 2 aliphatic heterocycles. The molecule has 1 amide bonds. The maximum atomic E-state index is 12.4. The second-order valence-corrected chi connectivity index (χ2v) is 12.9. The predicted molar refractivity (Wildman–Crippen MR) is 132 cm³/mol. The number of fused-ring (bicyclic) bond motifs is 5. The minimum absolute atomic E-state index is 0.0221. The lowest BCUT2D eigenvalue weighted by molar-refractivity contribution is -0.119. The second kappa shape index (κ2) is 9.33. The smallest absolute Gasteiger partial charge is 0.230 e. The van der Waals surface area contributed by atoms with E-state index in [9.17, 15) is 4.79 Å². The zero-order valence-electron chi connectivity index (χ0n) is 19.3. The molecule has 3 aromatic heterocycles. The number of nitrogens with one attached hydrogen (secondary N) is 1. The van der Waals surface area contributed by atoms with E-state index >= 15 is 0 Å². The van der Waals surface area contributed by atoms with E-state index in [1.807, 2.05) is 4.40 Å². The van der Waals surface area contributed by atoms with Crippen LogP contribution in [-0.4, -0.2) is 61.3 Å². The third kappa shape index (κ3) is 4.88. The van der Waals surface area contributed by atoms with Crippen LogP contribution in [0, 0.1) is 0 Å². The molecular formula is C22H29N5O3S3. The van der Waals surface area contributed by atoms with Crippen molar-refractivity contribution < 1.29 is 14.3 Å². The number of carbonyl (C=O) groups excluding carboxylic acids is 1. The molecule has 0 aromatic carbocycles. The van der Waals surface area contributed by atoms with Crippen molar-refractivity contribution in [2.24, 2.45) is 0 Å². The number of hydrogen-bond acceptors (Lipinski definition) is 9. The molecule has 3 aromatic rings. The molecule has 1 atom stereocenters. The number of ether oxygens (including phenoxy) is 2. The van der Waals surface area contributed by atoms with Crippen LogP contribution in [-0.2, 0) is 27.3 Å². The van der Waals surface area contributed by atoms with Crippen LogP contribution < -0.4 is 5.32 Å². The van der Waals surface area contributed by atoms with Gasteiger partial charge in [-0.05, 0) is 32.3 Å². The Balaban J connectivity index is 1.46. The molecular weight excluding hydrogens is 478 g/mol. The van der Waals surface area contributed by atoms with Crippen LogP contribution in [0.15, 0.2) is 10.3 Å². The molecule has 2 aliphatic rings. The van der Waals surface area contributed by atoms with Gasteiger partial charge in [0.1, 0.15) is 4.83 Å². The van der Waals surface area contributed by atoms with Gasteiger partial charge in [0.25, 0.3) is 0 Å². The highest BCUT2D eigenvalue weighted by Gasteiger charge is 2.32. The van der Waals surface area contributed by atoms with Crippen LogP contribution in [0.2, 0.25) is 0 Å². The summed E-state index contributed by atoms with van der Waals surface area (Å²) in [6.07, 6.45) is 3.02. The summed E-state index contributed by atoms with van der Waals surface area (Å²) in [4.78, 5) is 19.7. The fourth-order valence-corrected chi connectivity index (χ4v) is 7.01. The molecule has 1 fully saturated rings. The van der Waals surface area contributed by atoms with Crippen molar-refractivity contribution in [1.82, 2.24) is 24.9 Å². The second-order valence-electron chi connectivity index (χ2n) is 9.34. The third-order valence-electron chi connectivity index (χ3n) is 5.74. The van der Waals surface area contributed by atoms with Gasteiger partial charge in [0, 0.05) is 29.7 Å². The van der Waals surface area contributed by atoms with E-state index < -0.39 is 0 Å². The number of amides is 1.